The zero-order valence-electron chi connectivity index (χ0n) is 28.7. The van der Waals surface area contributed by atoms with Gasteiger partial charge in [-0.2, -0.15) is 5.26 Å². The van der Waals surface area contributed by atoms with Crippen LogP contribution in [0.25, 0.3) is 6.08 Å². The van der Waals surface area contributed by atoms with Crippen molar-refractivity contribution in [2.45, 2.75) is 44.9 Å². The fourth-order valence-corrected chi connectivity index (χ4v) is 7.79. The highest BCUT2D eigenvalue weighted by Crippen LogP contribution is 2.44. The van der Waals surface area contributed by atoms with Gasteiger partial charge in [0.15, 0.2) is 0 Å². The molecule has 1 aliphatic rings. The molecule has 3 aromatic carbocycles. The van der Waals surface area contributed by atoms with E-state index in [1.807, 2.05) is 6.07 Å². The van der Waals surface area contributed by atoms with Crippen molar-refractivity contribution in [1.29, 1.82) is 5.26 Å². The molecule has 0 bridgehead atoms. The van der Waals surface area contributed by atoms with Crippen LogP contribution in [0.5, 0.6) is 11.5 Å². The first-order chi connectivity index (χ1) is 24.0. The Bertz CT molecular complexity index is 1960. The second-order valence-corrected chi connectivity index (χ2v) is 15.1. The lowest BCUT2D eigenvalue weighted by molar-refractivity contribution is -0.114. The van der Waals surface area contributed by atoms with Crippen LogP contribution < -0.4 is 25.4 Å². The van der Waals surface area contributed by atoms with E-state index in [0.717, 1.165) is 29.7 Å². The number of hydrogen-bond acceptors (Lipinski definition) is 8. The van der Waals surface area contributed by atoms with Crippen molar-refractivity contribution in [2.75, 3.05) is 30.6 Å². The molecule has 0 saturated heterocycles. The number of rotatable bonds is 11. The molecule has 0 fully saturated rings. The Balaban J connectivity index is 1.28. The highest BCUT2D eigenvalue weighted by Gasteiger charge is 2.32. The number of carbonyl (C=O) groups is 3. The van der Waals surface area contributed by atoms with E-state index in [4.69, 9.17) is 9.47 Å². The van der Waals surface area contributed by atoms with Crippen LogP contribution in [-0.2, 0) is 22.4 Å². The molecule has 0 radical (unpaired) electrons. The van der Waals surface area contributed by atoms with Crippen molar-refractivity contribution in [2.24, 2.45) is 11.3 Å². The van der Waals surface area contributed by atoms with Gasteiger partial charge in [-0.15, -0.1) is 23.1 Å². The lowest BCUT2D eigenvalue weighted by atomic mass is 9.72. The van der Waals surface area contributed by atoms with Gasteiger partial charge in [0.1, 0.15) is 28.3 Å². The van der Waals surface area contributed by atoms with Crippen LogP contribution in [-0.4, -0.2) is 37.7 Å². The zero-order valence-corrected chi connectivity index (χ0v) is 30.3. The molecule has 1 aromatic heterocycles. The number of benzene rings is 3. The maximum atomic E-state index is 13.7. The molecule has 11 heteroatoms. The Morgan fingerprint density at radius 2 is 1.78 bits per heavy atom. The fourth-order valence-electron chi connectivity index (χ4n) is 5.74. The first-order valence-corrected chi connectivity index (χ1v) is 18.0. The van der Waals surface area contributed by atoms with E-state index in [-0.39, 0.29) is 22.8 Å². The quantitative estimate of drug-likeness (QED) is 0.107. The number of hydrogen-bond donors (Lipinski definition) is 3. The third-order valence-corrected chi connectivity index (χ3v) is 10.7. The number of fused-ring (bicyclic) bond motifs is 1. The van der Waals surface area contributed by atoms with Gasteiger partial charge in [0.2, 0.25) is 5.91 Å². The van der Waals surface area contributed by atoms with E-state index < -0.39 is 11.8 Å². The van der Waals surface area contributed by atoms with Gasteiger partial charge in [-0.1, -0.05) is 45.0 Å². The standard InChI is InChI=1S/C39H40N4O5S2/c1-39(2,3)26-15-17-30-31(22-40)38(50-34(30)19-26)43-35(44)23-49-29-13-9-12-27(20-29)41-37(46)32(42-36(45)24-10-7-6-8-11-24)18-25-14-16-28(47-4)21-33(25)48-5/h6-14,16,18,20-21,26H,15,17,19,23H2,1-5H3,(H,41,46)(H,42,45)(H,43,44)/b32-18+. The molecule has 0 aliphatic heterocycles. The van der Waals surface area contributed by atoms with E-state index >= 15 is 0 Å². The monoisotopic (exact) mass is 708 g/mol. The summed E-state index contributed by atoms with van der Waals surface area (Å²) in [7, 11) is 3.06. The molecule has 1 aliphatic carbocycles. The molecule has 50 heavy (non-hydrogen) atoms. The highest BCUT2D eigenvalue weighted by molar-refractivity contribution is 8.00. The van der Waals surface area contributed by atoms with E-state index in [0.29, 0.717) is 44.8 Å². The van der Waals surface area contributed by atoms with E-state index in [9.17, 15) is 19.6 Å². The maximum absolute atomic E-state index is 13.7. The zero-order chi connectivity index (χ0) is 35.8. The SMILES string of the molecule is COc1ccc(/C=C(/NC(=O)c2ccccc2)C(=O)Nc2cccc(SCC(=O)Nc3sc4c(c3C#N)CCC(C(C)(C)C)C4)c2)c(OC)c1. The van der Waals surface area contributed by atoms with Crippen molar-refractivity contribution < 1.29 is 23.9 Å². The average molecular weight is 709 g/mol. The molecule has 1 unspecified atom stereocenters. The van der Waals surface area contributed by atoms with Crippen LogP contribution in [0.3, 0.4) is 0 Å². The number of nitrogens with zero attached hydrogens (tertiary/aromatic N) is 1. The number of thiophene rings is 1. The molecule has 1 heterocycles. The van der Waals surface area contributed by atoms with Crippen LogP contribution >= 0.6 is 23.1 Å². The number of nitrogens with one attached hydrogen (secondary N) is 3. The molecule has 3 N–H and O–H groups in total. The minimum atomic E-state index is -0.550. The van der Waals surface area contributed by atoms with Crippen LogP contribution in [0.2, 0.25) is 0 Å². The van der Waals surface area contributed by atoms with Crippen molar-refractivity contribution in [3.63, 3.8) is 0 Å². The summed E-state index contributed by atoms with van der Waals surface area (Å²) in [5.41, 5.74) is 3.26. The first-order valence-electron chi connectivity index (χ1n) is 16.2. The summed E-state index contributed by atoms with van der Waals surface area (Å²) in [5, 5.41) is 19.1. The lowest BCUT2D eigenvalue weighted by Crippen LogP contribution is -2.30. The van der Waals surface area contributed by atoms with Crippen molar-refractivity contribution in [3.8, 4) is 17.6 Å². The number of thioether (sulfide) groups is 1. The third-order valence-electron chi connectivity index (χ3n) is 8.59. The molecule has 258 valence electrons. The Morgan fingerprint density at radius 3 is 2.48 bits per heavy atom. The van der Waals surface area contributed by atoms with E-state index in [2.05, 4.69) is 42.8 Å². The summed E-state index contributed by atoms with van der Waals surface area (Å²) in [6.45, 7) is 6.75. The Hall–Kier alpha value is -5.05. The summed E-state index contributed by atoms with van der Waals surface area (Å²) < 4.78 is 10.8. The topological polar surface area (TPSA) is 130 Å². The Kier molecular flexibility index (Phi) is 11.7. The van der Waals surface area contributed by atoms with Gasteiger partial charge < -0.3 is 25.4 Å². The molecular weight excluding hydrogens is 669 g/mol. The summed E-state index contributed by atoms with van der Waals surface area (Å²) in [6.07, 6.45) is 4.34. The van der Waals surface area contributed by atoms with Gasteiger partial charge in [0.25, 0.3) is 11.8 Å². The molecule has 0 spiro atoms. The van der Waals surface area contributed by atoms with Gasteiger partial charge in [-0.05, 0) is 84.7 Å². The van der Waals surface area contributed by atoms with Gasteiger partial charge >= 0.3 is 0 Å². The van der Waals surface area contributed by atoms with Crippen LogP contribution in [0.4, 0.5) is 10.7 Å². The van der Waals surface area contributed by atoms with Gasteiger partial charge in [-0.3, -0.25) is 14.4 Å². The lowest BCUT2D eigenvalue weighted by Gasteiger charge is -2.33. The number of amides is 3. The Labute approximate surface area is 301 Å². The third kappa shape index (κ3) is 8.94. The van der Waals surface area contributed by atoms with E-state index in [1.165, 1.54) is 35.1 Å². The fraction of sp³-hybridized carbons (Fsp3) is 0.282. The summed E-state index contributed by atoms with van der Waals surface area (Å²) >= 11 is 2.83. The largest absolute Gasteiger partial charge is 0.497 e. The van der Waals surface area contributed by atoms with Crippen molar-refractivity contribution in [3.05, 3.63) is 106 Å². The normalized spacial score (nSPS) is 14.2. The summed E-state index contributed by atoms with van der Waals surface area (Å²) in [5.74, 6) is 0.472. The molecular formula is C39H40N4O5S2. The first kappa shape index (κ1) is 36.2. The minimum Gasteiger partial charge on any atom is -0.497 e. The van der Waals surface area contributed by atoms with Gasteiger partial charge in [0.05, 0.1) is 25.5 Å². The average Bonchev–Trinajstić information content (AvgIpc) is 3.46. The predicted octanol–water partition coefficient (Wildman–Crippen LogP) is 7.93. The van der Waals surface area contributed by atoms with Crippen LogP contribution in [0.1, 0.15) is 59.1 Å². The number of anilines is 2. The molecule has 3 amide bonds. The molecule has 9 nitrogen and oxygen atoms in total. The maximum Gasteiger partial charge on any atom is 0.272 e. The van der Waals surface area contributed by atoms with Crippen molar-refractivity contribution in [1.82, 2.24) is 5.32 Å². The van der Waals surface area contributed by atoms with Gasteiger partial charge in [-0.25, -0.2) is 0 Å². The minimum absolute atomic E-state index is 0.000478. The second kappa shape index (κ2) is 16.1. The van der Waals surface area contributed by atoms with Crippen molar-refractivity contribution >= 4 is 57.6 Å². The number of methoxy groups -OCH3 is 2. The summed E-state index contributed by atoms with van der Waals surface area (Å²) in [6, 6.07) is 23.2. The highest BCUT2D eigenvalue weighted by atomic mass is 32.2. The number of ether oxygens (including phenoxy) is 2. The molecule has 4 aromatic rings. The molecule has 1 atom stereocenters. The van der Waals surface area contributed by atoms with E-state index in [1.54, 1.807) is 79.9 Å². The smallest absolute Gasteiger partial charge is 0.272 e. The van der Waals surface area contributed by atoms with Crippen LogP contribution in [0, 0.1) is 22.7 Å². The Morgan fingerprint density at radius 1 is 1.00 bits per heavy atom. The molecule has 0 saturated carbocycles. The molecule has 5 rings (SSSR count). The van der Waals surface area contributed by atoms with Gasteiger partial charge in [0, 0.05) is 32.7 Å². The predicted molar refractivity (Wildman–Crippen MR) is 200 cm³/mol. The van der Waals surface area contributed by atoms with Crippen LogP contribution in [0.15, 0.2) is 83.4 Å². The number of carbonyl (C=O) groups excluding carboxylic acids is 3. The second-order valence-electron chi connectivity index (χ2n) is 12.9. The number of nitriles is 1. The summed E-state index contributed by atoms with van der Waals surface area (Å²) in [4.78, 5) is 41.8.